The predicted octanol–water partition coefficient (Wildman–Crippen LogP) is 1.65. The van der Waals surface area contributed by atoms with Crippen LogP contribution in [0.25, 0.3) is 0 Å². The number of hydrogen-bond donors (Lipinski definition) is 1. The van der Waals surface area contributed by atoms with Crippen molar-refractivity contribution in [2.45, 2.75) is 26.8 Å². The summed E-state index contributed by atoms with van der Waals surface area (Å²) in [7, 11) is 0. The van der Waals surface area contributed by atoms with Crippen LogP contribution in [0.1, 0.15) is 31.3 Å². The number of aromatic nitrogens is 1. The van der Waals surface area contributed by atoms with Gasteiger partial charge in [-0.1, -0.05) is 12.1 Å². The molecule has 0 aliphatic carbocycles. The molecule has 1 rings (SSSR count). The maximum Gasteiger partial charge on any atom is 0.133 e. The molecule has 1 heterocycles. The van der Waals surface area contributed by atoms with Crippen LogP contribution in [0.15, 0.2) is 10.6 Å². The molecule has 0 radical (unpaired) electrons. The number of aryl methyl sites for hydroxylation is 1. The average molecular weight is 154 g/mol. The maximum atomic E-state index is 4.94. The number of nitrogens with one attached hydrogen (secondary N) is 1. The van der Waals surface area contributed by atoms with E-state index < -0.39 is 0 Å². The fourth-order valence-corrected chi connectivity index (χ4v) is 1.00. The van der Waals surface area contributed by atoms with Crippen LogP contribution in [0.2, 0.25) is 0 Å². The van der Waals surface area contributed by atoms with E-state index >= 15 is 0 Å². The van der Waals surface area contributed by atoms with Crippen molar-refractivity contribution in [3.8, 4) is 0 Å². The highest BCUT2D eigenvalue weighted by molar-refractivity contribution is 5.07. The fourth-order valence-electron chi connectivity index (χ4n) is 1.00. The third-order valence-electron chi connectivity index (χ3n) is 1.60. The molecule has 11 heavy (non-hydrogen) atoms. The van der Waals surface area contributed by atoms with Gasteiger partial charge in [0.05, 0.1) is 6.04 Å². The molecule has 0 unspecified atom stereocenters. The Kier molecular flexibility index (Phi) is 2.65. The third kappa shape index (κ3) is 2.05. The first-order valence-electron chi connectivity index (χ1n) is 3.90. The summed E-state index contributed by atoms with van der Waals surface area (Å²) >= 11 is 0. The molecule has 3 heteroatoms. The number of nitrogens with zero attached hydrogens (tertiary/aromatic N) is 1. The van der Waals surface area contributed by atoms with E-state index in [1.54, 1.807) is 0 Å². The van der Waals surface area contributed by atoms with Crippen molar-refractivity contribution < 1.29 is 4.52 Å². The Labute approximate surface area is 66.8 Å². The maximum absolute atomic E-state index is 4.94. The Hall–Kier alpha value is -0.830. The second-order valence-corrected chi connectivity index (χ2v) is 2.64. The summed E-state index contributed by atoms with van der Waals surface area (Å²) in [5.74, 6) is 0.866. The summed E-state index contributed by atoms with van der Waals surface area (Å²) in [5, 5.41) is 7.15. The van der Waals surface area contributed by atoms with Crippen molar-refractivity contribution in [1.29, 1.82) is 0 Å². The monoisotopic (exact) mass is 154 g/mol. The Balaban J connectivity index is 2.60. The normalized spacial score (nSPS) is 13.4. The molecule has 0 aromatic carbocycles. The average Bonchev–Trinajstić information content (AvgIpc) is 2.36. The minimum absolute atomic E-state index is 0.289. The van der Waals surface area contributed by atoms with Crippen LogP contribution in [0.5, 0.6) is 0 Å². The summed E-state index contributed by atoms with van der Waals surface area (Å²) in [6.45, 7) is 6.99. The standard InChI is InChI=1S/C8H14N2O/c1-4-9-7(3)8-5-6(2)11-10-8/h5,7,9H,4H2,1-3H3/t7-/m1/s1. The molecule has 1 aromatic heterocycles. The van der Waals surface area contributed by atoms with E-state index in [0.717, 1.165) is 18.0 Å². The summed E-state index contributed by atoms with van der Waals surface area (Å²) in [6.07, 6.45) is 0. The zero-order valence-electron chi connectivity index (χ0n) is 7.22. The van der Waals surface area contributed by atoms with Gasteiger partial charge in [0.15, 0.2) is 0 Å². The van der Waals surface area contributed by atoms with Gasteiger partial charge in [-0.3, -0.25) is 0 Å². The van der Waals surface area contributed by atoms with Gasteiger partial charge < -0.3 is 9.84 Å². The van der Waals surface area contributed by atoms with E-state index in [2.05, 4.69) is 24.3 Å². The lowest BCUT2D eigenvalue weighted by Crippen LogP contribution is -2.17. The lowest BCUT2D eigenvalue weighted by atomic mass is 10.2. The number of hydrogen-bond acceptors (Lipinski definition) is 3. The van der Waals surface area contributed by atoms with Crippen LogP contribution in [-0.2, 0) is 0 Å². The first-order valence-corrected chi connectivity index (χ1v) is 3.90. The largest absolute Gasteiger partial charge is 0.361 e. The SMILES string of the molecule is CCN[C@H](C)c1cc(C)on1. The molecular weight excluding hydrogens is 140 g/mol. The third-order valence-corrected chi connectivity index (χ3v) is 1.60. The van der Waals surface area contributed by atoms with Gasteiger partial charge >= 0.3 is 0 Å². The summed E-state index contributed by atoms with van der Waals surface area (Å²) in [6, 6.07) is 2.24. The topological polar surface area (TPSA) is 38.1 Å². The first-order chi connectivity index (χ1) is 5.24. The van der Waals surface area contributed by atoms with Gasteiger partial charge in [-0.15, -0.1) is 0 Å². The zero-order chi connectivity index (χ0) is 8.27. The smallest absolute Gasteiger partial charge is 0.133 e. The van der Waals surface area contributed by atoms with Gasteiger partial charge in [-0.25, -0.2) is 0 Å². The van der Waals surface area contributed by atoms with Crippen LogP contribution in [0.3, 0.4) is 0 Å². The summed E-state index contributed by atoms with van der Waals surface area (Å²) in [4.78, 5) is 0. The fraction of sp³-hybridized carbons (Fsp3) is 0.625. The number of rotatable bonds is 3. The van der Waals surface area contributed by atoms with E-state index in [9.17, 15) is 0 Å². The van der Waals surface area contributed by atoms with Crippen molar-refractivity contribution in [3.05, 3.63) is 17.5 Å². The van der Waals surface area contributed by atoms with Crippen molar-refractivity contribution in [1.82, 2.24) is 10.5 Å². The highest BCUT2D eigenvalue weighted by Gasteiger charge is 2.07. The molecule has 1 N–H and O–H groups in total. The van der Waals surface area contributed by atoms with E-state index in [4.69, 9.17) is 4.52 Å². The molecule has 0 saturated carbocycles. The van der Waals surface area contributed by atoms with Crippen molar-refractivity contribution in [2.75, 3.05) is 6.54 Å². The molecule has 0 fully saturated rings. The molecule has 0 aliphatic rings. The Morgan fingerprint density at radius 1 is 1.73 bits per heavy atom. The second-order valence-electron chi connectivity index (χ2n) is 2.64. The lowest BCUT2D eigenvalue weighted by molar-refractivity contribution is 0.381. The van der Waals surface area contributed by atoms with Gasteiger partial charge in [0, 0.05) is 6.07 Å². The van der Waals surface area contributed by atoms with E-state index in [0.29, 0.717) is 0 Å². The summed E-state index contributed by atoms with van der Waals surface area (Å²) in [5.41, 5.74) is 0.976. The minimum atomic E-state index is 0.289. The molecule has 1 atom stereocenters. The quantitative estimate of drug-likeness (QED) is 0.719. The van der Waals surface area contributed by atoms with Gasteiger partial charge in [0.25, 0.3) is 0 Å². The molecule has 62 valence electrons. The van der Waals surface area contributed by atoms with E-state index in [1.165, 1.54) is 0 Å². The highest BCUT2D eigenvalue weighted by Crippen LogP contribution is 2.10. The Morgan fingerprint density at radius 2 is 2.45 bits per heavy atom. The van der Waals surface area contributed by atoms with Crippen LogP contribution < -0.4 is 5.32 Å². The first kappa shape index (κ1) is 8.27. The predicted molar refractivity (Wildman–Crippen MR) is 43.3 cm³/mol. The molecule has 0 bridgehead atoms. The lowest BCUT2D eigenvalue weighted by Gasteiger charge is -2.06. The van der Waals surface area contributed by atoms with Crippen LogP contribution in [0.4, 0.5) is 0 Å². The molecule has 0 amide bonds. The second kappa shape index (κ2) is 3.53. The zero-order valence-corrected chi connectivity index (χ0v) is 7.22. The molecule has 0 spiro atoms. The van der Waals surface area contributed by atoms with Crippen molar-refractivity contribution in [2.24, 2.45) is 0 Å². The van der Waals surface area contributed by atoms with Crippen LogP contribution >= 0.6 is 0 Å². The van der Waals surface area contributed by atoms with Crippen molar-refractivity contribution in [3.63, 3.8) is 0 Å². The van der Waals surface area contributed by atoms with Gasteiger partial charge in [-0.2, -0.15) is 0 Å². The molecular formula is C8H14N2O. The van der Waals surface area contributed by atoms with Gasteiger partial charge in [0.2, 0.25) is 0 Å². The molecule has 3 nitrogen and oxygen atoms in total. The molecule has 0 saturated heterocycles. The molecule has 1 aromatic rings. The van der Waals surface area contributed by atoms with Crippen LogP contribution in [0, 0.1) is 6.92 Å². The minimum Gasteiger partial charge on any atom is -0.361 e. The van der Waals surface area contributed by atoms with E-state index in [1.807, 2.05) is 13.0 Å². The van der Waals surface area contributed by atoms with E-state index in [-0.39, 0.29) is 6.04 Å². The van der Waals surface area contributed by atoms with Crippen LogP contribution in [-0.4, -0.2) is 11.7 Å². The Bertz CT molecular complexity index is 220. The van der Waals surface area contributed by atoms with Gasteiger partial charge in [-0.05, 0) is 20.4 Å². The summed E-state index contributed by atoms with van der Waals surface area (Å²) < 4.78 is 4.94. The van der Waals surface area contributed by atoms with Gasteiger partial charge in [0.1, 0.15) is 11.5 Å². The van der Waals surface area contributed by atoms with Crippen molar-refractivity contribution >= 4 is 0 Å². The highest BCUT2D eigenvalue weighted by atomic mass is 16.5. The molecule has 0 aliphatic heterocycles. The Morgan fingerprint density at radius 3 is 2.91 bits per heavy atom.